The lowest BCUT2D eigenvalue weighted by molar-refractivity contribution is 0.0707. The number of hydroxylamine groups is 1. The number of halogens is 1. The van der Waals surface area contributed by atoms with Gasteiger partial charge in [0.25, 0.3) is 15.9 Å². The fourth-order valence-corrected chi connectivity index (χ4v) is 4.59. The highest BCUT2D eigenvalue weighted by atomic mass is 35.5. The molecule has 1 amide bonds. The number of rotatable bonds is 7. The average Bonchev–Trinajstić information content (AvgIpc) is 2.77. The third-order valence-corrected chi connectivity index (χ3v) is 6.29. The van der Waals surface area contributed by atoms with Crippen LogP contribution in [0.25, 0.3) is 0 Å². The van der Waals surface area contributed by atoms with Crippen LogP contribution in [0.5, 0.6) is 5.75 Å². The lowest BCUT2D eigenvalue weighted by Crippen LogP contribution is -2.34. The number of nitrogens with zero attached hydrogens (tertiary/aromatic N) is 2. The van der Waals surface area contributed by atoms with Gasteiger partial charge in [-0.15, -0.1) is 12.4 Å². The van der Waals surface area contributed by atoms with Crippen molar-refractivity contribution in [1.82, 2.24) is 10.5 Å². The Balaban J connectivity index is 0.00000341. The van der Waals surface area contributed by atoms with Gasteiger partial charge >= 0.3 is 0 Å². The van der Waals surface area contributed by atoms with Crippen molar-refractivity contribution in [3.63, 3.8) is 0 Å². The second-order valence-electron chi connectivity index (χ2n) is 6.46. The molecule has 0 atom stereocenters. The maximum absolute atomic E-state index is 13.6. The topological polar surface area (TPSA) is 109 Å². The minimum absolute atomic E-state index is 0. The maximum Gasteiger partial charge on any atom is 0.276 e. The summed E-state index contributed by atoms with van der Waals surface area (Å²) < 4.78 is 33.5. The Bertz CT molecular complexity index is 1140. The summed E-state index contributed by atoms with van der Waals surface area (Å²) in [6.07, 6.45) is 3.14. The van der Waals surface area contributed by atoms with Crippen LogP contribution in [0.15, 0.2) is 71.9 Å². The van der Waals surface area contributed by atoms with Crippen molar-refractivity contribution in [1.29, 1.82) is 0 Å². The van der Waals surface area contributed by atoms with E-state index in [2.05, 4.69) is 4.98 Å². The molecule has 0 saturated heterocycles. The van der Waals surface area contributed by atoms with Crippen LogP contribution in [0.4, 0.5) is 5.69 Å². The fraction of sp³-hybridized carbons (Fsp3) is 0.143. The molecule has 0 aliphatic heterocycles. The number of benzene rings is 2. The number of carbonyl (C=O) groups excluding carboxylic acids is 1. The van der Waals surface area contributed by atoms with Crippen molar-refractivity contribution < 1.29 is 23.2 Å². The molecule has 2 N–H and O–H groups in total. The van der Waals surface area contributed by atoms with Gasteiger partial charge in [0, 0.05) is 12.4 Å². The van der Waals surface area contributed by atoms with E-state index in [9.17, 15) is 13.2 Å². The van der Waals surface area contributed by atoms with E-state index in [4.69, 9.17) is 9.94 Å². The van der Waals surface area contributed by atoms with Gasteiger partial charge < -0.3 is 4.74 Å². The molecule has 31 heavy (non-hydrogen) atoms. The van der Waals surface area contributed by atoms with E-state index in [1.165, 1.54) is 25.3 Å². The normalized spacial score (nSPS) is 10.7. The first kappa shape index (κ1) is 24.1. The van der Waals surface area contributed by atoms with Crippen LogP contribution in [0.1, 0.15) is 21.5 Å². The van der Waals surface area contributed by atoms with E-state index in [1.807, 2.05) is 0 Å². The van der Waals surface area contributed by atoms with Gasteiger partial charge in [0.2, 0.25) is 0 Å². The highest BCUT2D eigenvalue weighted by Crippen LogP contribution is 2.32. The molecule has 0 saturated carbocycles. The number of pyridine rings is 1. The van der Waals surface area contributed by atoms with Crippen LogP contribution < -0.4 is 14.5 Å². The summed E-state index contributed by atoms with van der Waals surface area (Å²) in [5.41, 5.74) is 2.97. The largest absolute Gasteiger partial charge is 0.497 e. The number of aryl methyl sites for hydroxylation is 1. The van der Waals surface area contributed by atoms with Gasteiger partial charge in [-0.05, 0) is 54.4 Å². The second kappa shape index (κ2) is 10.3. The van der Waals surface area contributed by atoms with Crippen molar-refractivity contribution in [2.75, 3.05) is 11.4 Å². The molecule has 3 aromatic rings. The number of sulfonamides is 1. The number of aromatic nitrogens is 1. The van der Waals surface area contributed by atoms with Crippen LogP contribution >= 0.6 is 12.4 Å². The lowest BCUT2D eigenvalue weighted by atomic mass is 10.1. The molecule has 0 aliphatic rings. The minimum Gasteiger partial charge on any atom is -0.497 e. The molecule has 8 nitrogen and oxygen atoms in total. The second-order valence-corrected chi connectivity index (χ2v) is 8.32. The molecule has 1 heterocycles. The Kier molecular flexibility index (Phi) is 7.98. The zero-order valence-electron chi connectivity index (χ0n) is 16.8. The number of para-hydroxylation sites is 1. The van der Waals surface area contributed by atoms with Gasteiger partial charge in [-0.2, -0.15) is 0 Å². The third kappa shape index (κ3) is 5.13. The van der Waals surface area contributed by atoms with Crippen molar-refractivity contribution in [2.45, 2.75) is 18.4 Å². The maximum atomic E-state index is 13.6. The predicted molar refractivity (Wildman–Crippen MR) is 118 cm³/mol. The Morgan fingerprint density at radius 1 is 1.13 bits per heavy atom. The summed E-state index contributed by atoms with van der Waals surface area (Å²) in [5.74, 6) is -0.293. The standard InChI is InChI=1S/C21H21N3O5S.ClH/c1-15-5-3-7-19(21(25)23-26)20(15)24(14-16-6-4-12-22-13-16)30(27,28)18-10-8-17(29-2)9-11-18;/h3-13,26H,14H2,1-2H3,(H,23,25);1H. The minimum atomic E-state index is -4.08. The molecule has 0 radical (unpaired) electrons. The van der Waals surface area contributed by atoms with E-state index in [0.29, 0.717) is 16.9 Å². The first-order chi connectivity index (χ1) is 14.4. The predicted octanol–water partition coefficient (Wildman–Crippen LogP) is 3.33. The molecule has 164 valence electrons. The molecular weight excluding hydrogens is 442 g/mol. The van der Waals surface area contributed by atoms with Gasteiger partial charge in [0.15, 0.2) is 0 Å². The first-order valence-electron chi connectivity index (χ1n) is 8.98. The van der Waals surface area contributed by atoms with E-state index in [0.717, 1.165) is 4.31 Å². The number of hydrogen-bond acceptors (Lipinski definition) is 6. The van der Waals surface area contributed by atoms with Gasteiger partial charge in [-0.25, -0.2) is 13.9 Å². The van der Waals surface area contributed by atoms with Crippen LogP contribution in [-0.4, -0.2) is 31.6 Å². The first-order valence-corrected chi connectivity index (χ1v) is 10.4. The summed E-state index contributed by atoms with van der Waals surface area (Å²) in [7, 11) is -2.58. The molecule has 1 aromatic heterocycles. The molecule has 3 rings (SSSR count). The Morgan fingerprint density at radius 3 is 2.42 bits per heavy atom. The number of anilines is 1. The van der Waals surface area contributed by atoms with Gasteiger partial charge in [0.05, 0.1) is 29.8 Å². The highest BCUT2D eigenvalue weighted by molar-refractivity contribution is 7.92. The quantitative estimate of drug-likeness (QED) is 0.411. The number of methoxy groups -OCH3 is 1. The molecular formula is C21H22ClN3O5S. The third-order valence-electron chi connectivity index (χ3n) is 4.53. The number of hydrogen-bond donors (Lipinski definition) is 2. The van der Waals surface area contributed by atoms with Gasteiger partial charge in [-0.3, -0.25) is 19.3 Å². The lowest BCUT2D eigenvalue weighted by Gasteiger charge is -2.28. The van der Waals surface area contributed by atoms with E-state index in [1.54, 1.807) is 61.2 Å². The number of ether oxygens (including phenoxy) is 1. The van der Waals surface area contributed by atoms with Gasteiger partial charge in [-0.1, -0.05) is 18.2 Å². The Morgan fingerprint density at radius 2 is 1.84 bits per heavy atom. The molecule has 0 aliphatic carbocycles. The van der Waals surface area contributed by atoms with Crippen molar-refractivity contribution in [3.05, 3.63) is 83.7 Å². The van der Waals surface area contributed by atoms with Crippen molar-refractivity contribution in [3.8, 4) is 5.75 Å². The van der Waals surface area contributed by atoms with Crippen LogP contribution in [-0.2, 0) is 16.6 Å². The SMILES string of the molecule is COc1ccc(S(=O)(=O)N(Cc2cccnc2)c2c(C)cccc2C(=O)NO)cc1.Cl. The molecule has 10 heteroatoms. The van der Waals surface area contributed by atoms with E-state index >= 15 is 0 Å². The van der Waals surface area contributed by atoms with Crippen molar-refractivity contribution >= 4 is 34.0 Å². The number of nitrogens with one attached hydrogen (secondary N) is 1. The Hall–Kier alpha value is -3.14. The molecule has 0 unspecified atom stereocenters. The monoisotopic (exact) mass is 463 g/mol. The molecule has 0 spiro atoms. The highest BCUT2D eigenvalue weighted by Gasteiger charge is 2.30. The molecule has 0 bridgehead atoms. The summed E-state index contributed by atoms with van der Waals surface area (Å²) in [6, 6.07) is 14.2. The van der Waals surface area contributed by atoms with Crippen LogP contribution in [0.2, 0.25) is 0 Å². The summed E-state index contributed by atoms with van der Waals surface area (Å²) in [6.45, 7) is 1.64. The van der Waals surface area contributed by atoms with Gasteiger partial charge in [0.1, 0.15) is 5.75 Å². The number of carbonyl (C=O) groups is 1. The Labute approximate surface area is 186 Å². The van der Waals surface area contributed by atoms with Crippen LogP contribution in [0, 0.1) is 6.92 Å². The van der Waals surface area contributed by atoms with E-state index in [-0.39, 0.29) is 35.1 Å². The zero-order valence-corrected chi connectivity index (χ0v) is 18.5. The molecule has 0 fully saturated rings. The molecule has 2 aromatic carbocycles. The summed E-state index contributed by atoms with van der Waals surface area (Å²) in [5, 5.41) is 9.16. The van der Waals surface area contributed by atoms with E-state index < -0.39 is 15.9 Å². The average molecular weight is 464 g/mol. The van der Waals surface area contributed by atoms with Crippen LogP contribution in [0.3, 0.4) is 0 Å². The zero-order chi connectivity index (χ0) is 21.7. The van der Waals surface area contributed by atoms with Crippen molar-refractivity contribution in [2.24, 2.45) is 0 Å². The summed E-state index contributed by atoms with van der Waals surface area (Å²) in [4.78, 5) is 16.4. The number of amides is 1. The smallest absolute Gasteiger partial charge is 0.276 e. The fourth-order valence-electron chi connectivity index (χ4n) is 3.05. The summed E-state index contributed by atoms with van der Waals surface area (Å²) >= 11 is 0.